The van der Waals surface area contributed by atoms with Gasteiger partial charge in [-0.25, -0.2) is 4.79 Å². The second kappa shape index (κ2) is 5.53. The quantitative estimate of drug-likeness (QED) is 0.893. The zero-order valence-corrected chi connectivity index (χ0v) is 11.1. The molecule has 0 unspecified atom stereocenters. The lowest BCUT2D eigenvalue weighted by Gasteiger charge is -2.35. The van der Waals surface area contributed by atoms with Crippen LogP contribution in [0.2, 0.25) is 0 Å². The maximum atomic E-state index is 10.8. The Morgan fingerprint density at radius 3 is 2.28 bits per heavy atom. The average molecular weight is 247 g/mol. The molecule has 1 aromatic carbocycles. The van der Waals surface area contributed by atoms with Gasteiger partial charge in [0.2, 0.25) is 0 Å². The van der Waals surface area contributed by atoms with Crippen molar-refractivity contribution >= 4 is 5.97 Å². The smallest absolute Gasteiger partial charge is 0.335 e. The van der Waals surface area contributed by atoms with Crippen LogP contribution >= 0.6 is 0 Å². The van der Waals surface area contributed by atoms with Crippen molar-refractivity contribution in [3.05, 3.63) is 35.4 Å². The maximum absolute atomic E-state index is 10.8. The highest BCUT2D eigenvalue weighted by Crippen LogP contribution is 2.22. The van der Waals surface area contributed by atoms with Gasteiger partial charge in [0.15, 0.2) is 0 Å². The van der Waals surface area contributed by atoms with Gasteiger partial charge in [0.05, 0.1) is 5.56 Å². The van der Waals surface area contributed by atoms with Crippen LogP contribution in [0, 0.1) is 11.8 Å². The lowest BCUT2D eigenvalue weighted by atomic mass is 9.91. The van der Waals surface area contributed by atoms with Gasteiger partial charge >= 0.3 is 5.97 Å². The fraction of sp³-hybridized carbons (Fsp3) is 0.533. The molecule has 0 aliphatic carbocycles. The Bertz CT molecular complexity index is 403. The van der Waals surface area contributed by atoms with Crippen molar-refractivity contribution in [2.75, 3.05) is 13.1 Å². The Balaban J connectivity index is 1.98. The van der Waals surface area contributed by atoms with Crippen LogP contribution in [0.5, 0.6) is 0 Å². The summed E-state index contributed by atoms with van der Waals surface area (Å²) in [5.41, 5.74) is 1.56. The van der Waals surface area contributed by atoms with Gasteiger partial charge < -0.3 is 5.11 Å². The summed E-state index contributed by atoms with van der Waals surface area (Å²) in [4.78, 5) is 13.2. The highest BCUT2D eigenvalue weighted by molar-refractivity contribution is 5.87. The lowest BCUT2D eigenvalue weighted by molar-refractivity contribution is 0.0697. The minimum atomic E-state index is -0.859. The SMILES string of the molecule is C[C@@H]1C[C@H](C)CN(Cc2ccc(C(=O)O)cc2)C1. The zero-order chi connectivity index (χ0) is 13.1. The molecule has 2 rings (SSSR count). The molecule has 98 valence electrons. The van der Waals surface area contributed by atoms with E-state index in [2.05, 4.69) is 18.7 Å². The maximum Gasteiger partial charge on any atom is 0.335 e. The fourth-order valence-corrected chi connectivity index (χ4v) is 2.93. The van der Waals surface area contributed by atoms with E-state index in [1.807, 2.05) is 12.1 Å². The monoisotopic (exact) mass is 247 g/mol. The number of carbonyl (C=O) groups is 1. The van der Waals surface area contributed by atoms with E-state index >= 15 is 0 Å². The minimum Gasteiger partial charge on any atom is -0.478 e. The highest BCUT2D eigenvalue weighted by atomic mass is 16.4. The van der Waals surface area contributed by atoms with Gasteiger partial charge in [-0.3, -0.25) is 4.90 Å². The number of aromatic carboxylic acids is 1. The van der Waals surface area contributed by atoms with Crippen molar-refractivity contribution in [1.29, 1.82) is 0 Å². The van der Waals surface area contributed by atoms with E-state index in [4.69, 9.17) is 5.11 Å². The number of nitrogens with zero attached hydrogens (tertiary/aromatic N) is 1. The third kappa shape index (κ3) is 3.33. The molecule has 1 N–H and O–H groups in total. The van der Waals surface area contributed by atoms with Gasteiger partial charge in [0.25, 0.3) is 0 Å². The molecule has 0 saturated carbocycles. The number of piperidine rings is 1. The summed E-state index contributed by atoms with van der Waals surface area (Å²) in [5.74, 6) is 0.654. The van der Waals surface area contributed by atoms with E-state index in [-0.39, 0.29) is 0 Å². The summed E-state index contributed by atoms with van der Waals surface area (Å²) in [6.45, 7) is 7.82. The molecule has 0 aromatic heterocycles. The number of likely N-dealkylation sites (tertiary alicyclic amines) is 1. The zero-order valence-electron chi connectivity index (χ0n) is 11.1. The van der Waals surface area contributed by atoms with Crippen LogP contribution in [0.1, 0.15) is 36.2 Å². The molecule has 1 aliphatic heterocycles. The number of hydrogen-bond donors (Lipinski definition) is 1. The van der Waals surface area contributed by atoms with E-state index in [9.17, 15) is 4.79 Å². The lowest BCUT2D eigenvalue weighted by Crippen LogP contribution is -2.38. The van der Waals surface area contributed by atoms with Crippen LogP contribution in [-0.4, -0.2) is 29.1 Å². The molecule has 1 fully saturated rings. The number of hydrogen-bond acceptors (Lipinski definition) is 2. The molecular formula is C15H21NO2. The number of benzene rings is 1. The van der Waals surface area contributed by atoms with Crippen LogP contribution in [0.3, 0.4) is 0 Å². The van der Waals surface area contributed by atoms with E-state index < -0.39 is 5.97 Å². The predicted molar refractivity (Wildman–Crippen MR) is 71.6 cm³/mol. The minimum absolute atomic E-state index is 0.360. The third-order valence-electron chi connectivity index (χ3n) is 3.55. The van der Waals surface area contributed by atoms with Crippen molar-refractivity contribution in [1.82, 2.24) is 4.90 Å². The van der Waals surface area contributed by atoms with E-state index in [0.717, 1.165) is 31.5 Å². The van der Waals surface area contributed by atoms with E-state index in [1.165, 1.54) is 12.0 Å². The Kier molecular flexibility index (Phi) is 4.02. The Labute approximate surface area is 108 Å². The number of carboxylic acids is 1. The van der Waals surface area contributed by atoms with Crippen molar-refractivity contribution in [2.45, 2.75) is 26.8 Å². The summed E-state index contributed by atoms with van der Waals surface area (Å²) in [6.07, 6.45) is 1.31. The second-order valence-electron chi connectivity index (χ2n) is 5.64. The third-order valence-corrected chi connectivity index (χ3v) is 3.55. The Hall–Kier alpha value is -1.35. The molecule has 18 heavy (non-hydrogen) atoms. The number of rotatable bonds is 3. The van der Waals surface area contributed by atoms with Crippen LogP contribution < -0.4 is 0 Å². The van der Waals surface area contributed by atoms with Gasteiger partial charge in [-0.2, -0.15) is 0 Å². The Morgan fingerprint density at radius 1 is 1.22 bits per heavy atom. The second-order valence-corrected chi connectivity index (χ2v) is 5.64. The summed E-state index contributed by atoms with van der Waals surface area (Å²) < 4.78 is 0. The normalized spacial score (nSPS) is 25.0. The molecule has 1 aliphatic rings. The molecule has 0 spiro atoms. The molecular weight excluding hydrogens is 226 g/mol. The van der Waals surface area contributed by atoms with Crippen molar-refractivity contribution in [3.63, 3.8) is 0 Å². The summed E-state index contributed by atoms with van der Waals surface area (Å²) in [5, 5.41) is 8.86. The molecule has 2 atom stereocenters. The summed E-state index contributed by atoms with van der Waals surface area (Å²) >= 11 is 0. The van der Waals surface area contributed by atoms with Gasteiger partial charge in [-0.15, -0.1) is 0 Å². The van der Waals surface area contributed by atoms with Gasteiger partial charge in [0.1, 0.15) is 0 Å². The predicted octanol–water partition coefficient (Wildman–Crippen LogP) is 2.86. The first-order valence-corrected chi connectivity index (χ1v) is 6.59. The van der Waals surface area contributed by atoms with Crippen LogP contribution in [-0.2, 0) is 6.54 Å². The van der Waals surface area contributed by atoms with Gasteiger partial charge in [-0.1, -0.05) is 26.0 Å². The van der Waals surface area contributed by atoms with Crippen molar-refractivity contribution in [2.24, 2.45) is 11.8 Å². The van der Waals surface area contributed by atoms with Crippen LogP contribution in [0.25, 0.3) is 0 Å². The Morgan fingerprint density at radius 2 is 1.78 bits per heavy atom. The van der Waals surface area contributed by atoms with Crippen LogP contribution in [0.15, 0.2) is 24.3 Å². The summed E-state index contributed by atoms with van der Waals surface area (Å²) in [6, 6.07) is 7.23. The van der Waals surface area contributed by atoms with Crippen LogP contribution in [0.4, 0.5) is 0 Å². The van der Waals surface area contributed by atoms with Crippen molar-refractivity contribution < 1.29 is 9.90 Å². The largest absolute Gasteiger partial charge is 0.478 e. The topological polar surface area (TPSA) is 40.5 Å². The van der Waals surface area contributed by atoms with E-state index in [0.29, 0.717) is 5.56 Å². The van der Waals surface area contributed by atoms with Gasteiger partial charge in [-0.05, 0) is 36.0 Å². The molecule has 1 saturated heterocycles. The first-order valence-electron chi connectivity index (χ1n) is 6.59. The van der Waals surface area contributed by atoms with Gasteiger partial charge in [0, 0.05) is 19.6 Å². The standard InChI is InChI=1S/C15H21NO2/c1-11-7-12(2)9-16(8-11)10-13-3-5-14(6-4-13)15(17)18/h3-6,11-12H,7-10H2,1-2H3,(H,17,18)/t11-,12+. The van der Waals surface area contributed by atoms with Crippen molar-refractivity contribution in [3.8, 4) is 0 Å². The molecule has 3 heteroatoms. The molecule has 0 amide bonds. The molecule has 0 bridgehead atoms. The fourth-order valence-electron chi connectivity index (χ4n) is 2.93. The van der Waals surface area contributed by atoms with E-state index in [1.54, 1.807) is 12.1 Å². The highest BCUT2D eigenvalue weighted by Gasteiger charge is 2.21. The molecule has 1 heterocycles. The average Bonchev–Trinajstić information content (AvgIpc) is 2.28. The molecule has 1 aromatic rings. The molecule has 0 radical (unpaired) electrons. The molecule has 3 nitrogen and oxygen atoms in total. The summed E-state index contributed by atoms with van der Waals surface area (Å²) in [7, 11) is 0. The number of carboxylic acid groups (broad SMARTS) is 1. The first-order chi connectivity index (χ1) is 8.54. The first kappa shape index (κ1) is 13.1.